The van der Waals surface area contributed by atoms with Crippen molar-refractivity contribution in [3.63, 3.8) is 0 Å². The zero-order chi connectivity index (χ0) is 14.4. The number of hydrogen-bond donors (Lipinski definition) is 1. The Morgan fingerprint density at radius 1 is 1.25 bits per heavy atom. The summed E-state index contributed by atoms with van der Waals surface area (Å²) in [6.45, 7) is 2.57. The van der Waals surface area contributed by atoms with Crippen LogP contribution in [0.2, 0.25) is 0 Å². The number of rotatable bonds is 6. The summed E-state index contributed by atoms with van der Waals surface area (Å²) in [5.41, 5.74) is 2.19. The van der Waals surface area contributed by atoms with E-state index in [0.717, 1.165) is 16.9 Å². The van der Waals surface area contributed by atoms with Crippen molar-refractivity contribution in [2.75, 3.05) is 14.2 Å². The summed E-state index contributed by atoms with van der Waals surface area (Å²) in [4.78, 5) is 4.31. The third kappa shape index (κ3) is 3.71. The molecule has 1 N–H and O–H groups in total. The van der Waals surface area contributed by atoms with Crippen LogP contribution >= 0.6 is 0 Å². The van der Waals surface area contributed by atoms with Crippen molar-refractivity contribution in [2.45, 2.75) is 19.6 Å². The smallest absolute Gasteiger partial charge is 0.213 e. The Hall–Kier alpha value is -2.07. The van der Waals surface area contributed by atoms with Gasteiger partial charge in [0.15, 0.2) is 0 Å². The summed E-state index contributed by atoms with van der Waals surface area (Å²) in [6.07, 6.45) is 1.84. The van der Waals surface area contributed by atoms with Crippen LogP contribution in [0.3, 0.4) is 0 Å². The quantitative estimate of drug-likeness (QED) is 0.878. The maximum Gasteiger partial charge on any atom is 0.213 e. The van der Waals surface area contributed by atoms with Gasteiger partial charge < -0.3 is 14.8 Å². The molecule has 2 aromatic rings. The molecule has 1 atom stereocenters. The number of benzene rings is 1. The van der Waals surface area contributed by atoms with Crippen molar-refractivity contribution in [1.29, 1.82) is 0 Å². The molecule has 0 amide bonds. The first-order valence-corrected chi connectivity index (χ1v) is 6.62. The van der Waals surface area contributed by atoms with Gasteiger partial charge in [-0.2, -0.15) is 0 Å². The van der Waals surface area contributed by atoms with Crippen LogP contribution in [0.15, 0.2) is 42.6 Å². The molecule has 2 rings (SSSR count). The Bertz CT molecular complexity index is 540. The standard InChI is InChI=1S/C16H20N2O2/c1-12(17-2)14-7-8-16(18-10-14)20-11-13-5-4-6-15(9-13)19-3/h4-10,12,17H,11H2,1-3H3. The molecule has 4 heteroatoms. The van der Waals surface area contributed by atoms with Gasteiger partial charge in [-0.05, 0) is 37.2 Å². The van der Waals surface area contributed by atoms with Crippen LogP contribution in [0, 0.1) is 0 Å². The number of methoxy groups -OCH3 is 1. The third-order valence-corrected chi connectivity index (χ3v) is 3.21. The fourth-order valence-electron chi connectivity index (χ4n) is 1.82. The lowest BCUT2D eigenvalue weighted by Gasteiger charge is -2.11. The second kappa shape index (κ2) is 6.91. The summed E-state index contributed by atoms with van der Waals surface area (Å²) < 4.78 is 10.9. The van der Waals surface area contributed by atoms with Gasteiger partial charge in [-0.1, -0.05) is 18.2 Å². The summed E-state index contributed by atoms with van der Waals surface area (Å²) in [7, 11) is 3.58. The lowest BCUT2D eigenvalue weighted by Crippen LogP contribution is -2.12. The van der Waals surface area contributed by atoms with Crippen LogP contribution in [-0.4, -0.2) is 19.1 Å². The molecule has 0 fully saturated rings. The van der Waals surface area contributed by atoms with Gasteiger partial charge in [-0.15, -0.1) is 0 Å². The van der Waals surface area contributed by atoms with Crippen LogP contribution in [0.5, 0.6) is 11.6 Å². The third-order valence-electron chi connectivity index (χ3n) is 3.21. The largest absolute Gasteiger partial charge is 0.497 e. The van der Waals surface area contributed by atoms with Crippen LogP contribution in [-0.2, 0) is 6.61 Å². The predicted molar refractivity (Wildman–Crippen MR) is 79.0 cm³/mol. The zero-order valence-electron chi connectivity index (χ0n) is 12.1. The van der Waals surface area contributed by atoms with Crippen molar-refractivity contribution in [3.8, 4) is 11.6 Å². The number of nitrogens with one attached hydrogen (secondary N) is 1. The molecule has 0 radical (unpaired) electrons. The molecule has 106 valence electrons. The van der Waals surface area contributed by atoms with Crippen LogP contribution in [0.4, 0.5) is 0 Å². The maximum atomic E-state index is 5.67. The average Bonchev–Trinajstić information content (AvgIpc) is 2.53. The lowest BCUT2D eigenvalue weighted by molar-refractivity contribution is 0.292. The molecule has 1 unspecified atom stereocenters. The average molecular weight is 272 g/mol. The molecule has 0 spiro atoms. The van der Waals surface area contributed by atoms with Crippen molar-refractivity contribution in [3.05, 3.63) is 53.7 Å². The molecule has 1 aromatic carbocycles. The predicted octanol–water partition coefficient (Wildman–Crippen LogP) is 2.95. The lowest BCUT2D eigenvalue weighted by atomic mass is 10.1. The summed E-state index contributed by atoms with van der Waals surface area (Å²) in [6, 6.07) is 12.0. The zero-order valence-corrected chi connectivity index (χ0v) is 12.1. The van der Waals surface area contributed by atoms with Gasteiger partial charge in [-0.3, -0.25) is 0 Å². The van der Waals surface area contributed by atoms with E-state index >= 15 is 0 Å². The molecule has 0 bridgehead atoms. The fraction of sp³-hybridized carbons (Fsp3) is 0.312. The van der Waals surface area contributed by atoms with Gasteiger partial charge in [0.05, 0.1) is 7.11 Å². The van der Waals surface area contributed by atoms with Crippen molar-refractivity contribution in [2.24, 2.45) is 0 Å². The van der Waals surface area contributed by atoms with E-state index in [9.17, 15) is 0 Å². The Kier molecular flexibility index (Phi) is 4.96. The van der Waals surface area contributed by atoms with E-state index < -0.39 is 0 Å². The van der Waals surface area contributed by atoms with Crippen molar-refractivity contribution >= 4 is 0 Å². The number of pyridine rings is 1. The van der Waals surface area contributed by atoms with Crippen LogP contribution in [0.25, 0.3) is 0 Å². The summed E-state index contributed by atoms with van der Waals surface area (Å²) in [5.74, 6) is 1.46. The Morgan fingerprint density at radius 3 is 2.75 bits per heavy atom. The SMILES string of the molecule is CNC(C)c1ccc(OCc2cccc(OC)c2)nc1. The fourth-order valence-corrected chi connectivity index (χ4v) is 1.82. The topological polar surface area (TPSA) is 43.4 Å². The van der Waals surface area contributed by atoms with Gasteiger partial charge >= 0.3 is 0 Å². The first kappa shape index (κ1) is 14.3. The minimum atomic E-state index is 0.287. The number of nitrogens with zero attached hydrogens (tertiary/aromatic N) is 1. The van der Waals surface area contributed by atoms with E-state index in [-0.39, 0.29) is 6.04 Å². The van der Waals surface area contributed by atoms with E-state index in [1.165, 1.54) is 0 Å². The molecule has 0 aliphatic rings. The molecule has 20 heavy (non-hydrogen) atoms. The molecular weight excluding hydrogens is 252 g/mol. The second-order valence-electron chi connectivity index (χ2n) is 4.58. The Labute approximate surface area is 119 Å². The highest BCUT2D eigenvalue weighted by Gasteiger charge is 2.04. The van der Waals surface area contributed by atoms with Gasteiger partial charge in [-0.25, -0.2) is 4.98 Å². The number of ether oxygens (including phenoxy) is 2. The Balaban J connectivity index is 1.96. The van der Waals surface area contributed by atoms with Gasteiger partial charge in [0.1, 0.15) is 12.4 Å². The van der Waals surface area contributed by atoms with E-state index in [2.05, 4.69) is 17.2 Å². The molecule has 0 saturated heterocycles. The molecule has 4 nitrogen and oxygen atoms in total. The normalized spacial score (nSPS) is 11.9. The molecule has 0 saturated carbocycles. The highest BCUT2D eigenvalue weighted by Crippen LogP contribution is 2.17. The van der Waals surface area contributed by atoms with Crippen molar-refractivity contribution in [1.82, 2.24) is 10.3 Å². The highest BCUT2D eigenvalue weighted by atomic mass is 16.5. The molecule has 1 heterocycles. The van der Waals surface area contributed by atoms with E-state index in [1.54, 1.807) is 7.11 Å². The Morgan fingerprint density at radius 2 is 2.10 bits per heavy atom. The molecule has 0 aliphatic heterocycles. The summed E-state index contributed by atoms with van der Waals surface area (Å²) in [5, 5.41) is 3.18. The van der Waals surface area contributed by atoms with Crippen LogP contribution < -0.4 is 14.8 Å². The van der Waals surface area contributed by atoms with Gasteiger partial charge in [0.2, 0.25) is 5.88 Å². The van der Waals surface area contributed by atoms with Gasteiger partial charge in [0.25, 0.3) is 0 Å². The first-order chi connectivity index (χ1) is 9.72. The molecule has 1 aromatic heterocycles. The van der Waals surface area contributed by atoms with Crippen LogP contribution in [0.1, 0.15) is 24.1 Å². The van der Waals surface area contributed by atoms with E-state index in [4.69, 9.17) is 9.47 Å². The molecule has 0 aliphatic carbocycles. The minimum absolute atomic E-state index is 0.287. The van der Waals surface area contributed by atoms with E-state index in [1.807, 2.05) is 49.6 Å². The van der Waals surface area contributed by atoms with Crippen molar-refractivity contribution < 1.29 is 9.47 Å². The minimum Gasteiger partial charge on any atom is -0.497 e. The van der Waals surface area contributed by atoms with Gasteiger partial charge in [0, 0.05) is 18.3 Å². The van der Waals surface area contributed by atoms with E-state index in [0.29, 0.717) is 12.5 Å². The number of aromatic nitrogens is 1. The second-order valence-corrected chi connectivity index (χ2v) is 4.58. The number of hydrogen-bond acceptors (Lipinski definition) is 4. The summed E-state index contributed by atoms with van der Waals surface area (Å²) >= 11 is 0. The highest BCUT2D eigenvalue weighted by molar-refractivity contribution is 5.28. The molecular formula is C16H20N2O2. The first-order valence-electron chi connectivity index (χ1n) is 6.62. The maximum absolute atomic E-state index is 5.67. The monoisotopic (exact) mass is 272 g/mol.